The van der Waals surface area contributed by atoms with E-state index in [1.54, 1.807) is 18.5 Å². The highest BCUT2D eigenvalue weighted by Gasteiger charge is 2.05. The van der Waals surface area contributed by atoms with Crippen LogP contribution in [0.5, 0.6) is 0 Å². The van der Waals surface area contributed by atoms with Crippen LogP contribution in [0.4, 0.5) is 0 Å². The minimum Gasteiger partial charge on any atom is -0.139 e. The van der Waals surface area contributed by atoms with Gasteiger partial charge in [0.05, 0.1) is 12.4 Å². The monoisotopic (exact) mass is 389 g/mol. The number of aromatic nitrogens is 3. The van der Waals surface area contributed by atoms with Gasteiger partial charge in [-0.15, -0.1) is 10.2 Å². The molecule has 0 amide bonds. The van der Waals surface area contributed by atoms with E-state index in [0.29, 0.717) is 0 Å². The van der Waals surface area contributed by atoms with E-state index >= 15 is 0 Å². The zero-order valence-electron chi connectivity index (χ0n) is 13.5. The predicted octanol–water partition coefficient (Wildman–Crippen LogP) is 5.65. The van der Waals surface area contributed by atoms with Gasteiger partial charge in [0.15, 0.2) is 0 Å². The first kappa shape index (κ1) is 17.0. The summed E-state index contributed by atoms with van der Waals surface area (Å²) in [7, 11) is 0. The quantitative estimate of drug-likeness (QED) is 0.444. The Bertz CT molecular complexity index is 868. The van der Waals surface area contributed by atoms with Gasteiger partial charge in [-0.3, -0.25) is 0 Å². The zero-order chi connectivity index (χ0) is 17.3. The van der Waals surface area contributed by atoms with E-state index in [1.165, 1.54) is 22.3 Å². The summed E-state index contributed by atoms with van der Waals surface area (Å²) in [4.78, 5) is 0. The molecule has 4 aromatic rings. The molecule has 0 bridgehead atoms. The van der Waals surface area contributed by atoms with Gasteiger partial charge < -0.3 is 0 Å². The lowest BCUT2D eigenvalue weighted by Crippen LogP contribution is -1.84. The van der Waals surface area contributed by atoms with Gasteiger partial charge in [-0.25, -0.2) is 0 Å². The summed E-state index contributed by atoms with van der Waals surface area (Å²) >= 11 is 3.48. The van der Waals surface area contributed by atoms with Crippen LogP contribution in [0.2, 0.25) is 0 Å². The summed E-state index contributed by atoms with van der Waals surface area (Å²) in [6.07, 6.45) is 3.15. The Balaban J connectivity index is 0.000000258. The van der Waals surface area contributed by atoms with Crippen LogP contribution in [0, 0.1) is 0 Å². The van der Waals surface area contributed by atoms with Crippen LogP contribution < -0.4 is 0 Å². The highest BCUT2D eigenvalue weighted by atomic mass is 79.9. The molecule has 0 atom stereocenters. The van der Waals surface area contributed by atoms with Gasteiger partial charge in [-0.1, -0.05) is 82.7 Å². The Morgan fingerprint density at radius 2 is 1.04 bits per heavy atom. The Morgan fingerprint density at radius 3 is 1.52 bits per heavy atom. The first-order chi connectivity index (χ1) is 12.3. The molecular formula is C21H16BrN3. The van der Waals surface area contributed by atoms with E-state index in [0.717, 1.165) is 4.47 Å². The summed E-state index contributed by atoms with van der Waals surface area (Å²) in [6, 6.07) is 29.2. The summed E-state index contributed by atoms with van der Waals surface area (Å²) in [5.74, 6) is 0. The minimum absolute atomic E-state index is 1.11. The van der Waals surface area contributed by atoms with Gasteiger partial charge in [-0.2, -0.15) is 0 Å². The van der Waals surface area contributed by atoms with Crippen molar-refractivity contribution in [1.29, 1.82) is 0 Å². The molecule has 4 heteroatoms. The van der Waals surface area contributed by atoms with Gasteiger partial charge in [0.2, 0.25) is 0 Å². The van der Waals surface area contributed by atoms with Crippen LogP contribution >= 0.6 is 15.9 Å². The fourth-order valence-corrected chi connectivity index (χ4v) is 2.70. The van der Waals surface area contributed by atoms with Crippen molar-refractivity contribution in [3.05, 3.63) is 102 Å². The largest absolute Gasteiger partial charge is 0.139 e. The van der Waals surface area contributed by atoms with E-state index in [9.17, 15) is 0 Å². The maximum absolute atomic E-state index is 3.48. The molecule has 0 saturated heterocycles. The van der Waals surface area contributed by atoms with Gasteiger partial charge >= 0.3 is 0 Å². The molecule has 4 rings (SSSR count). The van der Waals surface area contributed by atoms with E-state index in [2.05, 4.69) is 104 Å². The van der Waals surface area contributed by atoms with Crippen LogP contribution in [-0.2, 0) is 0 Å². The number of hydrogen-bond acceptors (Lipinski definition) is 3. The maximum atomic E-state index is 3.48. The second-order valence-electron chi connectivity index (χ2n) is 5.23. The van der Waals surface area contributed by atoms with Crippen LogP contribution in [-0.4, -0.2) is 15.4 Å². The van der Waals surface area contributed by atoms with Crippen molar-refractivity contribution in [3.63, 3.8) is 0 Å². The molecule has 0 aliphatic heterocycles. The minimum atomic E-state index is 1.11. The van der Waals surface area contributed by atoms with E-state index in [4.69, 9.17) is 0 Å². The molecule has 0 fully saturated rings. The Morgan fingerprint density at radius 1 is 0.520 bits per heavy atom. The molecule has 3 nitrogen and oxygen atoms in total. The van der Waals surface area contributed by atoms with E-state index < -0.39 is 0 Å². The molecule has 25 heavy (non-hydrogen) atoms. The van der Waals surface area contributed by atoms with Gasteiger partial charge in [0.25, 0.3) is 0 Å². The van der Waals surface area contributed by atoms with Crippen molar-refractivity contribution in [3.8, 4) is 22.3 Å². The second kappa shape index (κ2) is 8.85. The summed E-state index contributed by atoms with van der Waals surface area (Å²) in [6.45, 7) is 0. The maximum Gasteiger partial charge on any atom is 0.0529 e. The van der Waals surface area contributed by atoms with Crippen molar-refractivity contribution in [2.45, 2.75) is 0 Å². The molecule has 1 heterocycles. The predicted molar refractivity (Wildman–Crippen MR) is 105 cm³/mol. The number of nitrogens with zero attached hydrogens (tertiary/aromatic N) is 3. The summed E-state index contributed by atoms with van der Waals surface area (Å²) in [5.41, 5.74) is 5.02. The van der Waals surface area contributed by atoms with E-state index in [-0.39, 0.29) is 0 Å². The first-order valence-corrected chi connectivity index (χ1v) is 8.62. The molecule has 122 valence electrons. The molecule has 0 aliphatic rings. The highest BCUT2D eigenvalue weighted by Crippen LogP contribution is 2.32. The topological polar surface area (TPSA) is 38.7 Å². The third-order valence-corrected chi connectivity index (χ3v) is 4.10. The van der Waals surface area contributed by atoms with Crippen molar-refractivity contribution < 1.29 is 0 Å². The fourth-order valence-electron chi connectivity index (χ4n) is 2.44. The molecule has 0 saturated carbocycles. The van der Waals surface area contributed by atoms with Crippen LogP contribution in [0.15, 0.2) is 102 Å². The lowest BCUT2D eigenvalue weighted by Gasteiger charge is -2.10. The zero-order valence-corrected chi connectivity index (χ0v) is 15.0. The van der Waals surface area contributed by atoms with Gasteiger partial charge in [-0.05, 0) is 45.7 Å². The molecule has 0 N–H and O–H groups in total. The Kier molecular flexibility index (Phi) is 6.01. The van der Waals surface area contributed by atoms with Crippen molar-refractivity contribution in [2.24, 2.45) is 0 Å². The molecule has 0 aliphatic carbocycles. The molecular weight excluding hydrogens is 374 g/mol. The van der Waals surface area contributed by atoms with Crippen LogP contribution in [0.25, 0.3) is 22.3 Å². The lowest BCUT2D eigenvalue weighted by molar-refractivity contribution is 0.865. The fraction of sp³-hybridized carbons (Fsp3) is 0. The average Bonchev–Trinajstić information content (AvgIpc) is 2.71. The smallest absolute Gasteiger partial charge is 0.0529 e. The number of hydrogen-bond donors (Lipinski definition) is 0. The third kappa shape index (κ3) is 4.81. The molecule has 0 spiro atoms. The third-order valence-electron chi connectivity index (χ3n) is 3.58. The molecule has 0 radical (unpaired) electrons. The van der Waals surface area contributed by atoms with Crippen LogP contribution in [0.1, 0.15) is 0 Å². The lowest BCUT2D eigenvalue weighted by atomic mass is 9.95. The standard InChI is InChI=1S/C18H13Br.C3H3N3/c19-16-12-10-15(11-13-16)18-9-5-4-8-17(18)14-6-2-1-3-7-14;1-2-4-6-5-3-1/h1-13H;1-3H. The number of rotatable bonds is 2. The normalized spacial score (nSPS) is 9.80. The Hall–Kier alpha value is -2.85. The number of benzene rings is 3. The number of halogens is 1. The van der Waals surface area contributed by atoms with Crippen LogP contribution in [0.3, 0.4) is 0 Å². The highest BCUT2D eigenvalue weighted by molar-refractivity contribution is 9.10. The molecule has 1 aromatic heterocycles. The van der Waals surface area contributed by atoms with Crippen molar-refractivity contribution >= 4 is 15.9 Å². The van der Waals surface area contributed by atoms with Crippen molar-refractivity contribution in [2.75, 3.05) is 0 Å². The molecule has 0 unspecified atom stereocenters. The molecule has 3 aromatic carbocycles. The van der Waals surface area contributed by atoms with Gasteiger partial charge in [0.1, 0.15) is 0 Å². The SMILES string of the molecule is Brc1ccc(-c2ccccc2-c2ccccc2)cc1.c1cnnnc1. The summed E-state index contributed by atoms with van der Waals surface area (Å²) < 4.78 is 1.11. The first-order valence-electron chi connectivity index (χ1n) is 7.83. The summed E-state index contributed by atoms with van der Waals surface area (Å²) in [5, 5.41) is 10.1. The average molecular weight is 390 g/mol. The van der Waals surface area contributed by atoms with Crippen molar-refractivity contribution in [1.82, 2.24) is 15.4 Å². The Labute approximate surface area is 155 Å². The van der Waals surface area contributed by atoms with E-state index in [1.807, 2.05) is 6.07 Å². The second-order valence-corrected chi connectivity index (χ2v) is 6.15. The van der Waals surface area contributed by atoms with Gasteiger partial charge in [0, 0.05) is 4.47 Å².